The molecule has 1 atom stereocenters. The lowest BCUT2D eigenvalue weighted by Gasteiger charge is -2.13. The summed E-state index contributed by atoms with van der Waals surface area (Å²) < 4.78 is 3.56. The van der Waals surface area contributed by atoms with E-state index in [-0.39, 0.29) is 34.2 Å². The molecule has 0 aliphatic heterocycles. The summed E-state index contributed by atoms with van der Waals surface area (Å²) in [6.45, 7) is 5.68. The molecule has 0 saturated heterocycles. The smallest absolute Gasteiger partial charge is 0.352 e. The number of hydrogen-bond donors (Lipinski definition) is 2. The zero-order chi connectivity index (χ0) is 21.3. The summed E-state index contributed by atoms with van der Waals surface area (Å²) in [5, 5.41) is 7.29. The van der Waals surface area contributed by atoms with Crippen molar-refractivity contribution in [2.45, 2.75) is 52.7 Å². The largest absolute Gasteiger partial charge is 0.368 e. The van der Waals surface area contributed by atoms with E-state index in [1.54, 1.807) is 6.07 Å². The molecule has 0 radical (unpaired) electrons. The van der Waals surface area contributed by atoms with Crippen LogP contribution in [0, 0.1) is 0 Å². The lowest BCUT2D eigenvalue weighted by Crippen LogP contribution is -2.32. The molecule has 0 aliphatic rings. The summed E-state index contributed by atoms with van der Waals surface area (Å²) in [6, 6.07) is 4.57. The van der Waals surface area contributed by atoms with Crippen LogP contribution in [0.5, 0.6) is 0 Å². The fraction of sp³-hybridized carbons (Fsp3) is 0.421. The highest BCUT2D eigenvalue weighted by Crippen LogP contribution is 2.15. The third kappa shape index (κ3) is 3.65. The zero-order valence-electron chi connectivity index (χ0n) is 16.6. The number of benzene rings is 1. The maximum Gasteiger partial charge on any atom is 0.352 e. The second-order valence-corrected chi connectivity index (χ2v) is 7.01. The van der Waals surface area contributed by atoms with Crippen LogP contribution < -0.4 is 22.3 Å². The molecule has 2 amide bonds. The normalized spacial score (nSPS) is 12.4. The molecule has 154 valence electrons. The summed E-state index contributed by atoms with van der Waals surface area (Å²) >= 11 is 0. The van der Waals surface area contributed by atoms with Gasteiger partial charge in [0.05, 0.1) is 10.9 Å². The van der Waals surface area contributed by atoms with E-state index in [2.05, 4.69) is 10.4 Å². The number of fused-ring (bicyclic) bond motifs is 3. The van der Waals surface area contributed by atoms with Gasteiger partial charge in [0.2, 0.25) is 11.7 Å². The number of nitrogens with two attached hydrogens (primary N) is 1. The van der Waals surface area contributed by atoms with E-state index in [1.165, 1.54) is 21.1 Å². The third-order valence-electron chi connectivity index (χ3n) is 4.78. The van der Waals surface area contributed by atoms with Crippen LogP contribution in [0.15, 0.2) is 27.8 Å². The molecular weight excluding hydrogens is 376 g/mol. The fourth-order valence-electron chi connectivity index (χ4n) is 3.14. The van der Waals surface area contributed by atoms with Crippen molar-refractivity contribution in [2.75, 3.05) is 0 Å². The first-order chi connectivity index (χ1) is 13.8. The van der Waals surface area contributed by atoms with Crippen molar-refractivity contribution in [1.29, 1.82) is 0 Å². The van der Waals surface area contributed by atoms with Gasteiger partial charge < -0.3 is 11.1 Å². The number of rotatable bonds is 7. The number of primary amides is 1. The van der Waals surface area contributed by atoms with Crippen molar-refractivity contribution < 1.29 is 9.59 Å². The predicted molar refractivity (Wildman–Crippen MR) is 108 cm³/mol. The van der Waals surface area contributed by atoms with E-state index < -0.39 is 18.1 Å². The van der Waals surface area contributed by atoms with E-state index in [9.17, 15) is 19.2 Å². The molecule has 3 aromatic rings. The molecular formula is C19H24N6O4. The first kappa shape index (κ1) is 20.3. The first-order valence-electron chi connectivity index (χ1n) is 9.53. The molecule has 0 saturated carbocycles. The summed E-state index contributed by atoms with van der Waals surface area (Å²) in [5.74, 6) is -0.919. The van der Waals surface area contributed by atoms with Gasteiger partial charge in [0.1, 0.15) is 6.54 Å². The lowest BCUT2D eigenvalue weighted by molar-refractivity contribution is -0.118. The Labute approximate surface area is 165 Å². The quantitative estimate of drug-likeness (QED) is 0.586. The maximum atomic E-state index is 13.0. The summed E-state index contributed by atoms with van der Waals surface area (Å²) in [5.41, 5.74) is 4.86. The van der Waals surface area contributed by atoms with Crippen molar-refractivity contribution in [3.8, 4) is 0 Å². The topological polar surface area (TPSA) is 133 Å². The van der Waals surface area contributed by atoms with Crippen LogP contribution in [0.3, 0.4) is 0 Å². The Balaban J connectivity index is 2.33. The number of carbonyl (C=O) groups is 2. The van der Waals surface area contributed by atoms with Crippen molar-refractivity contribution in [3.05, 3.63) is 44.6 Å². The van der Waals surface area contributed by atoms with Gasteiger partial charge in [0, 0.05) is 18.2 Å². The summed E-state index contributed by atoms with van der Waals surface area (Å²) in [4.78, 5) is 49.7. The van der Waals surface area contributed by atoms with Crippen LogP contribution in [-0.4, -0.2) is 36.6 Å². The Morgan fingerprint density at radius 2 is 1.97 bits per heavy atom. The van der Waals surface area contributed by atoms with Gasteiger partial charge >= 0.3 is 5.69 Å². The number of aryl methyl sites for hydroxylation is 1. The number of hydrogen-bond acceptors (Lipinski definition) is 5. The van der Waals surface area contributed by atoms with Crippen molar-refractivity contribution >= 4 is 28.5 Å². The van der Waals surface area contributed by atoms with Gasteiger partial charge in [-0.2, -0.15) is 0 Å². The summed E-state index contributed by atoms with van der Waals surface area (Å²) in [6.07, 6.45) is 1.41. The highest BCUT2D eigenvalue weighted by molar-refractivity contribution is 5.98. The van der Waals surface area contributed by atoms with Crippen LogP contribution in [0.4, 0.5) is 0 Å². The van der Waals surface area contributed by atoms with E-state index in [4.69, 9.17) is 5.73 Å². The van der Waals surface area contributed by atoms with Gasteiger partial charge in [0.25, 0.3) is 11.5 Å². The molecule has 0 spiro atoms. The lowest BCUT2D eigenvalue weighted by atomic mass is 10.1. The number of carbonyl (C=O) groups excluding carboxylic acids is 2. The molecule has 10 heteroatoms. The van der Waals surface area contributed by atoms with Crippen LogP contribution in [-0.2, 0) is 17.9 Å². The number of nitrogens with zero attached hydrogens (tertiary/aromatic N) is 4. The highest BCUT2D eigenvalue weighted by atomic mass is 16.2. The van der Waals surface area contributed by atoms with Crippen LogP contribution in [0.25, 0.3) is 16.7 Å². The van der Waals surface area contributed by atoms with Crippen molar-refractivity contribution in [1.82, 2.24) is 24.1 Å². The Hall–Kier alpha value is -3.43. The van der Waals surface area contributed by atoms with Gasteiger partial charge in [-0.25, -0.2) is 13.9 Å². The predicted octanol–water partition coefficient (Wildman–Crippen LogP) is 0.235. The minimum atomic E-state index is -0.724. The molecule has 3 N–H and O–H groups in total. The van der Waals surface area contributed by atoms with Crippen molar-refractivity contribution in [2.24, 2.45) is 5.73 Å². The summed E-state index contributed by atoms with van der Waals surface area (Å²) in [7, 11) is 0. The standard InChI is InChI=1S/C19H24N6O4/c1-4-8-23-17(28)13-7-6-12(16(27)21-11(3)5-2)9-14(13)25-18(23)22-24(19(25)29)10-15(20)26/h6-7,9,11H,4-5,8,10H2,1-3H3,(H2,20,26)(H,21,27)/t11-/m1/s1. The number of aromatic nitrogens is 4. The molecule has 0 aliphatic carbocycles. The minimum absolute atomic E-state index is 0.0168. The van der Waals surface area contributed by atoms with Gasteiger partial charge in [-0.3, -0.25) is 19.0 Å². The highest BCUT2D eigenvalue weighted by Gasteiger charge is 2.19. The van der Waals surface area contributed by atoms with E-state index >= 15 is 0 Å². The van der Waals surface area contributed by atoms with Gasteiger partial charge in [-0.05, 0) is 38.0 Å². The first-order valence-corrected chi connectivity index (χ1v) is 9.53. The van der Waals surface area contributed by atoms with Gasteiger partial charge in [-0.1, -0.05) is 13.8 Å². The molecule has 10 nitrogen and oxygen atoms in total. The van der Waals surface area contributed by atoms with Crippen LogP contribution in [0.2, 0.25) is 0 Å². The van der Waals surface area contributed by atoms with E-state index in [0.29, 0.717) is 18.5 Å². The monoisotopic (exact) mass is 400 g/mol. The maximum absolute atomic E-state index is 13.0. The van der Waals surface area contributed by atoms with E-state index in [1.807, 2.05) is 20.8 Å². The second kappa shape index (κ2) is 7.90. The SMILES string of the molecule is CCCn1c(=O)c2ccc(C(=O)N[C@H](C)CC)cc2n2c(=O)n(CC(N)=O)nc12. The molecule has 2 aromatic heterocycles. The van der Waals surface area contributed by atoms with Gasteiger partial charge in [0.15, 0.2) is 0 Å². The Kier molecular flexibility index (Phi) is 5.53. The number of nitrogens with one attached hydrogen (secondary N) is 1. The fourth-order valence-corrected chi connectivity index (χ4v) is 3.14. The molecule has 3 rings (SSSR count). The minimum Gasteiger partial charge on any atom is -0.368 e. The van der Waals surface area contributed by atoms with Crippen molar-refractivity contribution in [3.63, 3.8) is 0 Å². The molecule has 0 unspecified atom stereocenters. The van der Waals surface area contributed by atoms with Crippen LogP contribution in [0.1, 0.15) is 44.0 Å². The van der Waals surface area contributed by atoms with Gasteiger partial charge in [-0.15, -0.1) is 5.10 Å². The molecule has 2 heterocycles. The molecule has 1 aromatic carbocycles. The Morgan fingerprint density at radius 3 is 2.59 bits per heavy atom. The Bertz CT molecular complexity index is 1220. The average molecular weight is 400 g/mol. The van der Waals surface area contributed by atoms with E-state index in [0.717, 1.165) is 11.1 Å². The third-order valence-corrected chi connectivity index (χ3v) is 4.78. The number of amides is 2. The van der Waals surface area contributed by atoms with Crippen LogP contribution >= 0.6 is 0 Å². The molecule has 0 fully saturated rings. The molecule has 0 bridgehead atoms. The average Bonchev–Trinajstić information content (AvgIpc) is 3.00. The molecule has 29 heavy (non-hydrogen) atoms. The zero-order valence-corrected chi connectivity index (χ0v) is 16.6. The second-order valence-electron chi connectivity index (χ2n) is 7.01. The Morgan fingerprint density at radius 1 is 1.24 bits per heavy atom.